The van der Waals surface area contributed by atoms with Crippen LogP contribution in [-0.4, -0.2) is 0 Å². The molecule has 1 rings (SSSR count). The van der Waals surface area contributed by atoms with Crippen LogP contribution in [0.15, 0.2) is 30.5 Å². The highest BCUT2D eigenvalue weighted by Crippen LogP contribution is 2.16. The molecule has 0 saturated heterocycles. The molecule has 0 radical (unpaired) electrons. The van der Waals surface area contributed by atoms with Crippen molar-refractivity contribution in [2.75, 3.05) is 0 Å². The van der Waals surface area contributed by atoms with Gasteiger partial charge in [0.1, 0.15) is 5.82 Å². The smallest absolute Gasteiger partial charge is 0.123 e. The van der Waals surface area contributed by atoms with Crippen molar-refractivity contribution < 1.29 is 4.39 Å². The average Bonchev–Trinajstić information content (AvgIpc) is 2.05. The van der Waals surface area contributed by atoms with Gasteiger partial charge in [0, 0.05) is 11.1 Å². The Morgan fingerprint density at radius 1 is 1.36 bits per heavy atom. The Hall–Kier alpha value is -0.960. The summed E-state index contributed by atoms with van der Waals surface area (Å²) in [4.78, 5) is 0.644. The van der Waals surface area contributed by atoms with Gasteiger partial charge in [0.15, 0.2) is 0 Å². The third-order valence-electron chi connectivity index (χ3n) is 1.30. The molecule has 58 valence electrons. The van der Waals surface area contributed by atoms with E-state index < -0.39 is 0 Å². The predicted molar refractivity (Wildman–Crippen MR) is 47.6 cm³/mol. The first-order valence-corrected chi connectivity index (χ1v) is 3.55. The Kier molecular flexibility index (Phi) is 2.54. The van der Waals surface area contributed by atoms with E-state index in [2.05, 4.69) is 12.6 Å². The molecule has 0 saturated carbocycles. The molecule has 0 bridgehead atoms. The van der Waals surface area contributed by atoms with Crippen molar-refractivity contribution in [2.24, 2.45) is 5.73 Å². The lowest BCUT2D eigenvalue weighted by Crippen LogP contribution is -1.83. The molecule has 1 nitrogen and oxygen atoms in total. The first kappa shape index (κ1) is 8.14. The fraction of sp³-hybridized carbons (Fsp3) is 0. The SMILES string of the molecule is N/C=C(\S)c1ccc(F)cc1. The second-order valence-corrected chi connectivity index (χ2v) is 2.54. The number of hydrogen-bond acceptors (Lipinski definition) is 2. The summed E-state index contributed by atoms with van der Waals surface area (Å²) in [5.74, 6) is -0.257. The normalized spacial score (nSPS) is 11.6. The van der Waals surface area contributed by atoms with Gasteiger partial charge in [-0.15, -0.1) is 12.6 Å². The maximum Gasteiger partial charge on any atom is 0.123 e. The van der Waals surface area contributed by atoms with Crippen molar-refractivity contribution in [1.82, 2.24) is 0 Å². The summed E-state index contributed by atoms with van der Waals surface area (Å²) in [7, 11) is 0. The lowest BCUT2D eigenvalue weighted by atomic mass is 10.2. The Bertz CT molecular complexity index is 266. The quantitative estimate of drug-likeness (QED) is 0.618. The van der Waals surface area contributed by atoms with E-state index in [1.54, 1.807) is 12.1 Å². The van der Waals surface area contributed by atoms with Crippen LogP contribution >= 0.6 is 12.6 Å². The molecule has 0 aliphatic carbocycles. The zero-order chi connectivity index (χ0) is 8.27. The van der Waals surface area contributed by atoms with E-state index in [9.17, 15) is 4.39 Å². The zero-order valence-electron chi connectivity index (χ0n) is 5.79. The Morgan fingerprint density at radius 3 is 2.36 bits per heavy atom. The molecule has 0 heterocycles. The van der Waals surface area contributed by atoms with Crippen LogP contribution in [0.1, 0.15) is 5.56 Å². The van der Waals surface area contributed by atoms with Gasteiger partial charge >= 0.3 is 0 Å². The first-order valence-electron chi connectivity index (χ1n) is 3.11. The highest BCUT2D eigenvalue weighted by Gasteiger charge is 1.94. The van der Waals surface area contributed by atoms with Crippen LogP contribution in [0.5, 0.6) is 0 Å². The molecule has 1 aromatic carbocycles. The van der Waals surface area contributed by atoms with Crippen molar-refractivity contribution in [3.05, 3.63) is 41.8 Å². The fourth-order valence-corrected chi connectivity index (χ4v) is 0.866. The number of benzene rings is 1. The van der Waals surface area contributed by atoms with Crippen molar-refractivity contribution in [3.8, 4) is 0 Å². The maximum atomic E-state index is 12.4. The third kappa shape index (κ3) is 1.98. The number of nitrogens with two attached hydrogens (primary N) is 1. The van der Waals surface area contributed by atoms with Crippen LogP contribution < -0.4 is 5.73 Å². The third-order valence-corrected chi connectivity index (χ3v) is 1.71. The molecule has 0 spiro atoms. The van der Waals surface area contributed by atoms with Gasteiger partial charge in [-0.2, -0.15) is 0 Å². The summed E-state index contributed by atoms with van der Waals surface area (Å²) in [6, 6.07) is 5.99. The highest BCUT2D eigenvalue weighted by atomic mass is 32.1. The zero-order valence-corrected chi connectivity index (χ0v) is 6.68. The number of rotatable bonds is 1. The van der Waals surface area contributed by atoms with E-state index in [1.807, 2.05) is 0 Å². The Balaban J connectivity index is 2.99. The average molecular weight is 169 g/mol. The Morgan fingerprint density at radius 2 is 1.91 bits per heavy atom. The molecule has 0 amide bonds. The van der Waals surface area contributed by atoms with Crippen molar-refractivity contribution in [3.63, 3.8) is 0 Å². The van der Waals surface area contributed by atoms with Crippen molar-refractivity contribution in [1.29, 1.82) is 0 Å². The molecule has 0 aromatic heterocycles. The van der Waals surface area contributed by atoms with Gasteiger partial charge in [0.05, 0.1) is 0 Å². The number of thiol groups is 1. The van der Waals surface area contributed by atoms with E-state index in [0.717, 1.165) is 5.56 Å². The molecular formula is C8H8FNS. The largest absolute Gasteiger partial charge is 0.404 e. The second kappa shape index (κ2) is 3.44. The van der Waals surface area contributed by atoms with Crippen LogP contribution in [-0.2, 0) is 0 Å². The van der Waals surface area contributed by atoms with E-state index in [4.69, 9.17) is 5.73 Å². The summed E-state index contributed by atoms with van der Waals surface area (Å²) >= 11 is 4.07. The lowest BCUT2D eigenvalue weighted by Gasteiger charge is -1.97. The molecule has 11 heavy (non-hydrogen) atoms. The summed E-state index contributed by atoms with van der Waals surface area (Å²) in [6.45, 7) is 0. The van der Waals surface area contributed by atoms with E-state index >= 15 is 0 Å². The van der Waals surface area contributed by atoms with Gasteiger partial charge in [-0.3, -0.25) is 0 Å². The van der Waals surface area contributed by atoms with Gasteiger partial charge in [-0.1, -0.05) is 12.1 Å². The summed E-state index contributed by atoms with van der Waals surface area (Å²) in [5.41, 5.74) is 6.03. The van der Waals surface area contributed by atoms with Gasteiger partial charge in [-0.25, -0.2) is 4.39 Å². The summed E-state index contributed by atoms with van der Waals surface area (Å²) in [5, 5.41) is 0. The first-order chi connectivity index (χ1) is 5.24. The lowest BCUT2D eigenvalue weighted by molar-refractivity contribution is 0.628. The minimum atomic E-state index is -0.257. The van der Waals surface area contributed by atoms with E-state index in [0.29, 0.717) is 4.91 Å². The minimum Gasteiger partial charge on any atom is -0.404 e. The van der Waals surface area contributed by atoms with E-state index in [-0.39, 0.29) is 5.82 Å². The highest BCUT2D eigenvalue weighted by molar-refractivity contribution is 7.90. The molecule has 0 aliphatic rings. The molecule has 3 heteroatoms. The second-order valence-electron chi connectivity index (χ2n) is 2.06. The molecule has 0 atom stereocenters. The van der Waals surface area contributed by atoms with Crippen molar-refractivity contribution in [2.45, 2.75) is 0 Å². The standard InChI is InChI=1S/C8H8FNS/c9-7-3-1-6(2-4-7)8(11)5-10/h1-5,11H,10H2/b8-5-. The van der Waals surface area contributed by atoms with Gasteiger partial charge in [0.2, 0.25) is 0 Å². The van der Waals surface area contributed by atoms with Crippen molar-refractivity contribution >= 4 is 17.5 Å². The topological polar surface area (TPSA) is 26.0 Å². The fourth-order valence-electron chi connectivity index (χ4n) is 0.717. The molecule has 0 aliphatic heterocycles. The van der Waals surface area contributed by atoms with Crippen LogP contribution in [0.2, 0.25) is 0 Å². The van der Waals surface area contributed by atoms with Crippen LogP contribution in [0.3, 0.4) is 0 Å². The molecule has 0 unspecified atom stereocenters. The van der Waals surface area contributed by atoms with Crippen LogP contribution in [0.4, 0.5) is 4.39 Å². The predicted octanol–water partition coefficient (Wildman–Crippen LogP) is 2.01. The monoisotopic (exact) mass is 169 g/mol. The number of halogens is 1. The van der Waals surface area contributed by atoms with Crippen LogP contribution in [0.25, 0.3) is 4.91 Å². The maximum absolute atomic E-state index is 12.4. The summed E-state index contributed by atoms with van der Waals surface area (Å²) in [6.07, 6.45) is 1.37. The van der Waals surface area contributed by atoms with Gasteiger partial charge in [0.25, 0.3) is 0 Å². The molecular weight excluding hydrogens is 161 g/mol. The molecule has 2 N–H and O–H groups in total. The minimum absolute atomic E-state index is 0.257. The van der Waals surface area contributed by atoms with Gasteiger partial charge in [-0.05, 0) is 17.7 Å². The number of hydrogen-bond donors (Lipinski definition) is 2. The molecule has 0 fully saturated rings. The van der Waals surface area contributed by atoms with Crippen LogP contribution in [0, 0.1) is 5.82 Å². The Labute approximate surface area is 70.1 Å². The van der Waals surface area contributed by atoms with Gasteiger partial charge < -0.3 is 5.73 Å². The van der Waals surface area contributed by atoms with E-state index in [1.165, 1.54) is 18.3 Å². The summed E-state index contributed by atoms with van der Waals surface area (Å²) < 4.78 is 12.4. The molecule has 1 aromatic rings.